The Morgan fingerprint density at radius 2 is 1.69 bits per heavy atom. The molecule has 0 saturated carbocycles. The molecule has 29 heavy (non-hydrogen) atoms. The summed E-state index contributed by atoms with van der Waals surface area (Å²) in [7, 11) is 4.84. The lowest BCUT2D eigenvalue weighted by Crippen LogP contribution is -2.12. The molecule has 5 heteroatoms. The minimum atomic E-state index is -0.0555. The number of ether oxygens (including phenoxy) is 3. The molecule has 0 radical (unpaired) electrons. The lowest BCUT2D eigenvalue weighted by molar-refractivity contribution is 0.394. The van der Waals surface area contributed by atoms with Crippen molar-refractivity contribution >= 4 is 16.5 Å². The molecule has 3 aromatic rings. The minimum absolute atomic E-state index is 0.0555. The molecule has 0 bridgehead atoms. The van der Waals surface area contributed by atoms with Crippen molar-refractivity contribution in [3.63, 3.8) is 0 Å². The van der Waals surface area contributed by atoms with Gasteiger partial charge in [0.2, 0.25) is 5.43 Å². The highest BCUT2D eigenvalue weighted by atomic mass is 16.5. The third-order valence-corrected chi connectivity index (χ3v) is 5.55. The van der Waals surface area contributed by atoms with Gasteiger partial charge in [-0.15, -0.1) is 0 Å². The average Bonchev–Trinajstić information content (AvgIpc) is 2.95. The normalized spacial score (nSPS) is 13.4. The van der Waals surface area contributed by atoms with E-state index >= 15 is 0 Å². The van der Waals surface area contributed by atoms with Crippen molar-refractivity contribution in [1.29, 1.82) is 0 Å². The molecule has 0 amide bonds. The van der Waals surface area contributed by atoms with E-state index in [1.807, 2.05) is 31.2 Å². The Morgan fingerprint density at radius 1 is 0.966 bits per heavy atom. The summed E-state index contributed by atoms with van der Waals surface area (Å²) >= 11 is 0. The molecule has 2 aromatic carbocycles. The van der Waals surface area contributed by atoms with Gasteiger partial charge in [0.25, 0.3) is 0 Å². The number of allylic oxidation sites excluding steroid dienone is 1. The standard InChI is InChI=1S/C24H25NO4/c1-14-24(29-4)23(26)22-20-8-6-5-7-18(19(20)9-10-21(22)25-14)15-11-16(27-2)13-17(12-15)28-3/h7,9-13H,5-6,8H2,1-4H3,(H,25,26). The molecule has 1 N–H and O–H groups in total. The number of hydrogen-bond donors (Lipinski definition) is 1. The molecule has 5 nitrogen and oxygen atoms in total. The summed E-state index contributed by atoms with van der Waals surface area (Å²) in [5, 5.41) is 0.715. The van der Waals surface area contributed by atoms with Crippen LogP contribution in [0.15, 0.2) is 41.2 Å². The fourth-order valence-electron chi connectivity index (χ4n) is 4.18. The van der Waals surface area contributed by atoms with E-state index in [2.05, 4.69) is 17.1 Å². The molecular formula is C24H25NO4. The lowest BCUT2D eigenvalue weighted by atomic mass is 9.90. The Labute approximate surface area is 169 Å². The van der Waals surface area contributed by atoms with Gasteiger partial charge in [0.1, 0.15) is 11.5 Å². The molecule has 1 aromatic heterocycles. The van der Waals surface area contributed by atoms with Crippen LogP contribution in [0.25, 0.3) is 16.5 Å². The summed E-state index contributed by atoms with van der Waals surface area (Å²) in [4.78, 5) is 16.5. The van der Waals surface area contributed by atoms with Crippen LogP contribution in [0.3, 0.4) is 0 Å². The van der Waals surface area contributed by atoms with Gasteiger partial charge < -0.3 is 19.2 Å². The van der Waals surface area contributed by atoms with Crippen LogP contribution >= 0.6 is 0 Å². The van der Waals surface area contributed by atoms with Crippen LogP contribution in [0.5, 0.6) is 17.2 Å². The Bertz CT molecular complexity index is 1150. The molecule has 0 fully saturated rings. The van der Waals surface area contributed by atoms with Gasteiger partial charge >= 0.3 is 0 Å². The summed E-state index contributed by atoms with van der Waals surface area (Å²) in [5.41, 5.74) is 5.77. The molecule has 1 heterocycles. The van der Waals surface area contributed by atoms with Crippen molar-refractivity contribution in [1.82, 2.24) is 4.98 Å². The Kier molecular flexibility index (Phi) is 5.05. The number of aromatic nitrogens is 1. The summed E-state index contributed by atoms with van der Waals surface area (Å²) in [5.74, 6) is 1.85. The van der Waals surface area contributed by atoms with Crippen molar-refractivity contribution in [2.45, 2.75) is 26.2 Å². The monoisotopic (exact) mass is 391 g/mol. The van der Waals surface area contributed by atoms with Crippen molar-refractivity contribution in [2.75, 3.05) is 21.3 Å². The number of rotatable bonds is 4. The maximum absolute atomic E-state index is 13.2. The summed E-state index contributed by atoms with van der Waals surface area (Å²) in [6.45, 7) is 1.86. The molecule has 150 valence electrons. The number of methoxy groups -OCH3 is 3. The SMILES string of the molecule is COc1cc(OC)cc(C2=CCCCc3c2ccc2[nH]c(C)c(OC)c(=O)c32)c1. The fraction of sp³-hybridized carbons (Fsp3) is 0.292. The number of aryl methyl sites for hydroxylation is 2. The smallest absolute Gasteiger partial charge is 0.231 e. The van der Waals surface area contributed by atoms with Gasteiger partial charge in [-0.25, -0.2) is 0 Å². The van der Waals surface area contributed by atoms with E-state index in [4.69, 9.17) is 14.2 Å². The Hall–Kier alpha value is -3.21. The summed E-state index contributed by atoms with van der Waals surface area (Å²) < 4.78 is 16.3. The van der Waals surface area contributed by atoms with Crippen molar-refractivity contribution in [3.8, 4) is 17.2 Å². The van der Waals surface area contributed by atoms with Gasteiger partial charge in [-0.05, 0) is 66.6 Å². The zero-order valence-electron chi connectivity index (χ0n) is 17.2. The first kappa shape index (κ1) is 19.1. The number of fused-ring (bicyclic) bond motifs is 3. The zero-order chi connectivity index (χ0) is 20.5. The van der Waals surface area contributed by atoms with Gasteiger partial charge in [0, 0.05) is 6.07 Å². The van der Waals surface area contributed by atoms with E-state index in [-0.39, 0.29) is 5.43 Å². The molecule has 1 aliphatic carbocycles. The quantitative estimate of drug-likeness (QED) is 0.704. The van der Waals surface area contributed by atoms with Crippen LogP contribution in [0.2, 0.25) is 0 Å². The van der Waals surface area contributed by atoms with E-state index in [0.29, 0.717) is 11.1 Å². The van der Waals surface area contributed by atoms with E-state index in [1.165, 1.54) is 0 Å². The topological polar surface area (TPSA) is 60.6 Å². The highest BCUT2D eigenvalue weighted by Gasteiger charge is 2.20. The highest BCUT2D eigenvalue weighted by Crippen LogP contribution is 2.37. The molecule has 0 unspecified atom stereocenters. The second kappa shape index (κ2) is 7.66. The highest BCUT2D eigenvalue weighted by molar-refractivity contribution is 5.93. The average molecular weight is 391 g/mol. The number of benzene rings is 2. The third kappa shape index (κ3) is 3.27. The predicted molar refractivity (Wildman–Crippen MR) is 115 cm³/mol. The zero-order valence-corrected chi connectivity index (χ0v) is 17.2. The second-order valence-electron chi connectivity index (χ2n) is 7.24. The molecule has 0 aliphatic heterocycles. The molecule has 4 rings (SSSR count). The maximum atomic E-state index is 13.2. The van der Waals surface area contributed by atoms with Gasteiger partial charge in [-0.3, -0.25) is 4.79 Å². The van der Waals surface area contributed by atoms with Crippen LogP contribution in [0.4, 0.5) is 0 Å². The first-order valence-corrected chi connectivity index (χ1v) is 9.73. The molecule has 0 spiro atoms. The van der Waals surface area contributed by atoms with Crippen LogP contribution in [0, 0.1) is 6.92 Å². The summed E-state index contributed by atoms with van der Waals surface area (Å²) in [6.07, 6.45) is 4.99. The molecule has 0 saturated heterocycles. The van der Waals surface area contributed by atoms with Gasteiger partial charge in [-0.1, -0.05) is 12.1 Å². The van der Waals surface area contributed by atoms with Crippen LogP contribution in [-0.4, -0.2) is 26.3 Å². The molecular weight excluding hydrogens is 366 g/mol. The predicted octanol–water partition coefficient (Wildman–Crippen LogP) is 4.63. The van der Waals surface area contributed by atoms with Gasteiger partial charge in [0.15, 0.2) is 5.75 Å². The van der Waals surface area contributed by atoms with E-state index in [9.17, 15) is 4.79 Å². The van der Waals surface area contributed by atoms with Crippen molar-refractivity contribution < 1.29 is 14.2 Å². The molecule has 1 aliphatic rings. The largest absolute Gasteiger partial charge is 0.497 e. The maximum Gasteiger partial charge on any atom is 0.231 e. The Morgan fingerprint density at radius 3 is 2.34 bits per heavy atom. The fourth-order valence-corrected chi connectivity index (χ4v) is 4.18. The number of aromatic amines is 1. The van der Waals surface area contributed by atoms with E-state index in [0.717, 1.165) is 64.2 Å². The third-order valence-electron chi connectivity index (χ3n) is 5.55. The van der Waals surface area contributed by atoms with Crippen LogP contribution < -0.4 is 19.6 Å². The second-order valence-corrected chi connectivity index (χ2v) is 7.24. The first-order valence-electron chi connectivity index (χ1n) is 9.73. The number of H-pyrrole nitrogens is 1. The lowest BCUT2D eigenvalue weighted by Gasteiger charge is -2.16. The molecule has 0 atom stereocenters. The van der Waals surface area contributed by atoms with Crippen molar-refractivity contribution in [3.05, 3.63) is 69.0 Å². The van der Waals surface area contributed by atoms with Crippen molar-refractivity contribution in [2.24, 2.45) is 0 Å². The van der Waals surface area contributed by atoms with Gasteiger partial charge in [0.05, 0.1) is 37.9 Å². The minimum Gasteiger partial charge on any atom is -0.497 e. The number of nitrogens with one attached hydrogen (secondary N) is 1. The van der Waals surface area contributed by atoms with E-state index in [1.54, 1.807) is 21.3 Å². The first-order chi connectivity index (χ1) is 14.1. The number of hydrogen-bond acceptors (Lipinski definition) is 4. The Balaban J connectivity index is 1.99. The summed E-state index contributed by atoms with van der Waals surface area (Å²) in [6, 6.07) is 9.96. The van der Waals surface area contributed by atoms with E-state index < -0.39 is 0 Å². The number of pyridine rings is 1. The van der Waals surface area contributed by atoms with Crippen LogP contribution in [0.1, 0.15) is 35.2 Å². The van der Waals surface area contributed by atoms with Crippen LogP contribution in [-0.2, 0) is 6.42 Å². The van der Waals surface area contributed by atoms with Gasteiger partial charge in [-0.2, -0.15) is 0 Å².